The predicted molar refractivity (Wildman–Crippen MR) is 56.5 cm³/mol. The molecular weight excluding hydrogens is 192 g/mol. The molecule has 4 nitrogen and oxygen atoms in total. The lowest BCUT2D eigenvalue weighted by atomic mass is 10.2. The van der Waals surface area contributed by atoms with Gasteiger partial charge < -0.3 is 14.0 Å². The van der Waals surface area contributed by atoms with E-state index in [1.54, 1.807) is 0 Å². The van der Waals surface area contributed by atoms with E-state index in [0.29, 0.717) is 6.61 Å². The van der Waals surface area contributed by atoms with Gasteiger partial charge in [-0.2, -0.15) is 0 Å². The molecule has 0 amide bonds. The molecule has 0 spiro atoms. The fourth-order valence-electron chi connectivity index (χ4n) is 1.75. The molecule has 1 aliphatic heterocycles. The van der Waals surface area contributed by atoms with Gasteiger partial charge in [0.25, 0.3) is 0 Å². The van der Waals surface area contributed by atoms with Gasteiger partial charge in [-0.3, -0.25) is 0 Å². The van der Waals surface area contributed by atoms with Gasteiger partial charge in [-0.1, -0.05) is 0 Å². The standard InChI is InChI=1S/C11H18N2O2/c1-10-8-12-9-13(10)5-7-15-11-4-2-3-6-14-11/h8-9,11H,2-7H2,1H3. The van der Waals surface area contributed by atoms with Crippen molar-refractivity contribution in [3.63, 3.8) is 0 Å². The average molecular weight is 210 g/mol. The minimum Gasteiger partial charge on any atom is -0.353 e. The summed E-state index contributed by atoms with van der Waals surface area (Å²) in [4.78, 5) is 4.06. The van der Waals surface area contributed by atoms with E-state index in [4.69, 9.17) is 9.47 Å². The molecule has 1 fully saturated rings. The summed E-state index contributed by atoms with van der Waals surface area (Å²) in [5.74, 6) is 0. The lowest BCUT2D eigenvalue weighted by molar-refractivity contribution is -0.163. The monoisotopic (exact) mass is 210 g/mol. The summed E-state index contributed by atoms with van der Waals surface area (Å²) in [6.45, 7) is 4.44. The summed E-state index contributed by atoms with van der Waals surface area (Å²) in [6.07, 6.45) is 7.12. The van der Waals surface area contributed by atoms with Crippen molar-refractivity contribution in [1.29, 1.82) is 0 Å². The molecule has 1 aromatic rings. The van der Waals surface area contributed by atoms with Crippen LogP contribution in [0.1, 0.15) is 25.0 Å². The number of aromatic nitrogens is 2. The molecule has 0 aromatic carbocycles. The van der Waals surface area contributed by atoms with Crippen molar-refractivity contribution < 1.29 is 9.47 Å². The molecule has 0 radical (unpaired) electrons. The molecule has 1 aromatic heterocycles. The van der Waals surface area contributed by atoms with Gasteiger partial charge >= 0.3 is 0 Å². The van der Waals surface area contributed by atoms with Crippen LogP contribution in [-0.4, -0.2) is 29.1 Å². The molecule has 84 valence electrons. The maximum absolute atomic E-state index is 5.64. The van der Waals surface area contributed by atoms with Crippen molar-refractivity contribution in [3.8, 4) is 0 Å². The van der Waals surface area contributed by atoms with E-state index in [-0.39, 0.29) is 6.29 Å². The molecule has 2 heterocycles. The zero-order valence-electron chi connectivity index (χ0n) is 9.19. The first-order valence-corrected chi connectivity index (χ1v) is 5.56. The second-order valence-corrected chi connectivity index (χ2v) is 3.90. The van der Waals surface area contributed by atoms with Gasteiger partial charge in [0, 0.05) is 25.0 Å². The van der Waals surface area contributed by atoms with Crippen LogP contribution >= 0.6 is 0 Å². The molecule has 0 saturated carbocycles. The van der Waals surface area contributed by atoms with Crippen molar-refractivity contribution in [3.05, 3.63) is 18.2 Å². The third-order valence-corrected chi connectivity index (χ3v) is 2.69. The molecular formula is C11H18N2O2. The molecule has 1 unspecified atom stereocenters. The number of aryl methyl sites for hydroxylation is 1. The molecule has 1 atom stereocenters. The minimum atomic E-state index is 0.0163. The Hall–Kier alpha value is -0.870. The Morgan fingerprint density at radius 3 is 3.20 bits per heavy atom. The maximum Gasteiger partial charge on any atom is 0.157 e. The Labute approximate surface area is 90.2 Å². The third-order valence-electron chi connectivity index (χ3n) is 2.69. The first-order chi connectivity index (χ1) is 7.36. The second kappa shape index (κ2) is 5.28. The van der Waals surface area contributed by atoms with Crippen LogP contribution in [0.3, 0.4) is 0 Å². The van der Waals surface area contributed by atoms with Crippen LogP contribution in [-0.2, 0) is 16.0 Å². The Bertz CT molecular complexity index is 293. The highest BCUT2D eigenvalue weighted by atomic mass is 16.7. The first kappa shape index (κ1) is 10.6. The smallest absolute Gasteiger partial charge is 0.157 e. The van der Waals surface area contributed by atoms with E-state index in [0.717, 1.165) is 19.6 Å². The molecule has 0 N–H and O–H groups in total. The molecule has 1 saturated heterocycles. The van der Waals surface area contributed by atoms with Crippen molar-refractivity contribution in [2.45, 2.75) is 39.0 Å². The summed E-state index contributed by atoms with van der Waals surface area (Å²) >= 11 is 0. The number of rotatable bonds is 4. The Morgan fingerprint density at radius 2 is 2.53 bits per heavy atom. The largest absolute Gasteiger partial charge is 0.353 e. The van der Waals surface area contributed by atoms with E-state index >= 15 is 0 Å². The van der Waals surface area contributed by atoms with E-state index in [9.17, 15) is 0 Å². The van der Waals surface area contributed by atoms with Gasteiger partial charge in [-0.05, 0) is 26.2 Å². The van der Waals surface area contributed by atoms with E-state index in [1.807, 2.05) is 19.4 Å². The van der Waals surface area contributed by atoms with Crippen LogP contribution in [0, 0.1) is 6.92 Å². The van der Waals surface area contributed by atoms with Crippen molar-refractivity contribution in [1.82, 2.24) is 9.55 Å². The summed E-state index contributed by atoms with van der Waals surface area (Å²) in [5, 5.41) is 0. The SMILES string of the molecule is Cc1cncn1CCOC1CCCCO1. The van der Waals surface area contributed by atoms with Crippen LogP contribution < -0.4 is 0 Å². The van der Waals surface area contributed by atoms with E-state index in [1.165, 1.54) is 18.5 Å². The van der Waals surface area contributed by atoms with Crippen molar-refractivity contribution >= 4 is 0 Å². The molecule has 2 rings (SSSR count). The van der Waals surface area contributed by atoms with Gasteiger partial charge in [-0.25, -0.2) is 4.98 Å². The van der Waals surface area contributed by atoms with Crippen LogP contribution in [0.15, 0.2) is 12.5 Å². The van der Waals surface area contributed by atoms with Crippen LogP contribution in [0.25, 0.3) is 0 Å². The third kappa shape index (κ3) is 3.04. The maximum atomic E-state index is 5.64. The number of hydrogen-bond donors (Lipinski definition) is 0. The van der Waals surface area contributed by atoms with Crippen LogP contribution in [0.2, 0.25) is 0 Å². The lowest BCUT2D eigenvalue weighted by Crippen LogP contribution is -2.24. The van der Waals surface area contributed by atoms with Crippen LogP contribution in [0.4, 0.5) is 0 Å². The highest BCUT2D eigenvalue weighted by molar-refractivity contribution is 4.93. The lowest BCUT2D eigenvalue weighted by Gasteiger charge is -2.22. The van der Waals surface area contributed by atoms with Crippen molar-refractivity contribution in [2.24, 2.45) is 0 Å². The van der Waals surface area contributed by atoms with Gasteiger partial charge in [0.15, 0.2) is 6.29 Å². The molecule has 4 heteroatoms. The zero-order valence-corrected chi connectivity index (χ0v) is 9.19. The normalized spacial score (nSPS) is 21.8. The highest BCUT2D eigenvalue weighted by Gasteiger charge is 2.13. The highest BCUT2D eigenvalue weighted by Crippen LogP contribution is 2.13. The molecule has 15 heavy (non-hydrogen) atoms. The van der Waals surface area contributed by atoms with Gasteiger partial charge in [0.2, 0.25) is 0 Å². The summed E-state index contributed by atoms with van der Waals surface area (Å²) in [6, 6.07) is 0. The van der Waals surface area contributed by atoms with E-state index < -0.39 is 0 Å². The fourth-order valence-corrected chi connectivity index (χ4v) is 1.75. The Morgan fingerprint density at radius 1 is 1.60 bits per heavy atom. The fraction of sp³-hybridized carbons (Fsp3) is 0.727. The molecule has 0 bridgehead atoms. The topological polar surface area (TPSA) is 36.3 Å². The molecule has 0 aliphatic carbocycles. The average Bonchev–Trinajstić information content (AvgIpc) is 2.66. The van der Waals surface area contributed by atoms with Gasteiger partial charge in [0.1, 0.15) is 0 Å². The number of hydrogen-bond acceptors (Lipinski definition) is 3. The summed E-state index contributed by atoms with van der Waals surface area (Å²) < 4.78 is 13.2. The summed E-state index contributed by atoms with van der Waals surface area (Å²) in [7, 11) is 0. The first-order valence-electron chi connectivity index (χ1n) is 5.56. The van der Waals surface area contributed by atoms with E-state index in [2.05, 4.69) is 9.55 Å². The van der Waals surface area contributed by atoms with Crippen LogP contribution in [0.5, 0.6) is 0 Å². The number of ether oxygens (including phenoxy) is 2. The van der Waals surface area contributed by atoms with Gasteiger partial charge in [0.05, 0.1) is 12.9 Å². The Kier molecular flexibility index (Phi) is 3.75. The van der Waals surface area contributed by atoms with Gasteiger partial charge in [-0.15, -0.1) is 0 Å². The van der Waals surface area contributed by atoms with Crippen molar-refractivity contribution in [2.75, 3.05) is 13.2 Å². The summed E-state index contributed by atoms with van der Waals surface area (Å²) in [5.41, 5.74) is 1.17. The second-order valence-electron chi connectivity index (χ2n) is 3.90. The molecule has 1 aliphatic rings. The Balaban J connectivity index is 1.68. The predicted octanol–water partition coefficient (Wildman–Crippen LogP) is 1.73. The quantitative estimate of drug-likeness (QED) is 0.759. The number of nitrogens with zero attached hydrogens (tertiary/aromatic N) is 2. The zero-order chi connectivity index (χ0) is 10.5. The minimum absolute atomic E-state index is 0.0163. The number of imidazole rings is 1.